The number of nitrogens with one attached hydrogen (secondary N) is 2. The second kappa shape index (κ2) is 11.9. The number of hydrogen-bond acceptors (Lipinski definition) is 6. The van der Waals surface area contributed by atoms with Crippen LogP contribution in [0.5, 0.6) is 0 Å². The van der Waals surface area contributed by atoms with Crippen molar-refractivity contribution >= 4 is 29.1 Å². The summed E-state index contributed by atoms with van der Waals surface area (Å²) in [4.78, 5) is 38.4. The van der Waals surface area contributed by atoms with Gasteiger partial charge in [-0.3, -0.25) is 14.8 Å². The highest BCUT2D eigenvalue weighted by Crippen LogP contribution is 2.28. The summed E-state index contributed by atoms with van der Waals surface area (Å²) in [5.41, 5.74) is 2.31. The van der Waals surface area contributed by atoms with Gasteiger partial charge in [0.2, 0.25) is 11.8 Å². The summed E-state index contributed by atoms with van der Waals surface area (Å²) in [6.45, 7) is 7.56. The Balaban J connectivity index is 2.23. The van der Waals surface area contributed by atoms with Gasteiger partial charge in [-0.2, -0.15) is 11.3 Å². The summed E-state index contributed by atoms with van der Waals surface area (Å²) in [7, 11) is 0. The average molecular weight is 437 g/mol. The first kappa shape index (κ1) is 24.1. The Hall–Kier alpha value is -2.19. The molecule has 3 unspecified atom stereocenters. The second-order valence-corrected chi connectivity index (χ2v) is 8.96. The molecule has 1 heterocycles. The molecule has 3 N–H and O–H groups in total. The van der Waals surface area contributed by atoms with Crippen molar-refractivity contribution in [1.82, 2.24) is 10.8 Å². The highest BCUT2D eigenvalue weighted by Gasteiger charge is 2.36. The molecule has 7 nitrogen and oxygen atoms in total. The van der Waals surface area contributed by atoms with E-state index in [-0.39, 0.29) is 18.4 Å². The van der Waals surface area contributed by atoms with E-state index in [0.717, 1.165) is 25.7 Å². The lowest BCUT2D eigenvalue weighted by atomic mass is 9.82. The Labute approximate surface area is 181 Å². The molecule has 0 bridgehead atoms. The third kappa shape index (κ3) is 6.67. The standard InChI is InChI=1S/C22H32N2O5S/c1-4-7-17(21(26)24-28)18(12-14(2)3)20(25)23-19(15-10-11-30-13-15)22(27)29-16-8-5-6-9-16/h4,10-11,13-14,16-19,28H,1,5-9,12H2,2-3H3,(H,23,25)(H,24,26). The zero-order valence-electron chi connectivity index (χ0n) is 17.6. The van der Waals surface area contributed by atoms with Crippen LogP contribution in [0.15, 0.2) is 29.5 Å². The van der Waals surface area contributed by atoms with Gasteiger partial charge in [-0.25, -0.2) is 10.3 Å². The fourth-order valence-corrected chi connectivity index (χ4v) is 4.57. The number of carbonyl (C=O) groups excluding carboxylic acids is 3. The predicted molar refractivity (Wildman–Crippen MR) is 115 cm³/mol. The van der Waals surface area contributed by atoms with E-state index in [0.29, 0.717) is 12.0 Å². The van der Waals surface area contributed by atoms with Gasteiger partial charge in [0.25, 0.3) is 0 Å². The first-order valence-electron chi connectivity index (χ1n) is 10.4. The fraction of sp³-hybridized carbons (Fsp3) is 0.591. The molecular formula is C22H32N2O5S. The lowest BCUT2D eigenvalue weighted by Gasteiger charge is -2.27. The third-order valence-electron chi connectivity index (χ3n) is 5.40. The van der Waals surface area contributed by atoms with E-state index in [2.05, 4.69) is 11.9 Å². The molecule has 166 valence electrons. The molecule has 0 aromatic carbocycles. The molecule has 8 heteroatoms. The summed E-state index contributed by atoms with van der Waals surface area (Å²) in [5.74, 6) is -2.93. The molecule has 1 aliphatic carbocycles. The highest BCUT2D eigenvalue weighted by atomic mass is 32.1. The lowest BCUT2D eigenvalue weighted by Crippen LogP contribution is -2.45. The molecule has 3 atom stereocenters. The highest BCUT2D eigenvalue weighted by molar-refractivity contribution is 7.08. The van der Waals surface area contributed by atoms with Crippen LogP contribution in [0.3, 0.4) is 0 Å². The predicted octanol–water partition coefficient (Wildman–Crippen LogP) is 3.75. The van der Waals surface area contributed by atoms with Gasteiger partial charge in [0.1, 0.15) is 6.10 Å². The van der Waals surface area contributed by atoms with Gasteiger partial charge in [0.15, 0.2) is 6.04 Å². The van der Waals surface area contributed by atoms with Crippen molar-refractivity contribution in [2.24, 2.45) is 17.8 Å². The largest absolute Gasteiger partial charge is 0.461 e. The van der Waals surface area contributed by atoms with Crippen molar-refractivity contribution in [3.05, 3.63) is 35.0 Å². The molecule has 0 radical (unpaired) electrons. The Morgan fingerprint density at radius 1 is 1.27 bits per heavy atom. The van der Waals surface area contributed by atoms with Gasteiger partial charge in [0, 0.05) is 0 Å². The summed E-state index contributed by atoms with van der Waals surface area (Å²) in [6, 6.07) is 0.852. The van der Waals surface area contributed by atoms with E-state index in [1.807, 2.05) is 19.2 Å². The average Bonchev–Trinajstić information content (AvgIpc) is 3.41. The van der Waals surface area contributed by atoms with E-state index in [1.54, 1.807) is 23.0 Å². The number of esters is 1. The molecule has 1 fully saturated rings. The normalized spacial score (nSPS) is 17.2. The minimum absolute atomic E-state index is 0.115. The maximum absolute atomic E-state index is 13.3. The van der Waals surface area contributed by atoms with E-state index in [1.165, 1.54) is 11.3 Å². The zero-order chi connectivity index (χ0) is 22.1. The van der Waals surface area contributed by atoms with E-state index in [9.17, 15) is 14.4 Å². The number of amides is 2. The van der Waals surface area contributed by atoms with Crippen LogP contribution < -0.4 is 10.8 Å². The molecule has 1 aromatic heterocycles. The summed E-state index contributed by atoms with van der Waals surface area (Å²) >= 11 is 1.43. The molecule has 2 rings (SSSR count). The third-order valence-corrected chi connectivity index (χ3v) is 6.10. The van der Waals surface area contributed by atoms with Crippen molar-refractivity contribution in [2.75, 3.05) is 0 Å². The van der Waals surface area contributed by atoms with Crippen molar-refractivity contribution in [3.63, 3.8) is 0 Å². The topological polar surface area (TPSA) is 105 Å². The van der Waals surface area contributed by atoms with Crippen LogP contribution in [-0.2, 0) is 19.1 Å². The van der Waals surface area contributed by atoms with E-state index in [4.69, 9.17) is 9.94 Å². The Morgan fingerprint density at radius 2 is 1.97 bits per heavy atom. The van der Waals surface area contributed by atoms with Crippen LogP contribution in [0.1, 0.15) is 64.0 Å². The van der Waals surface area contributed by atoms with Crippen LogP contribution in [-0.4, -0.2) is 29.1 Å². The van der Waals surface area contributed by atoms with Crippen LogP contribution >= 0.6 is 11.3 Å². The maximum Gasteiger partial charge on any atom is 0.333 e. The Kier molecular flexibility index (Phi) is 9.52. The van der Waals surface area contributed by atoms with Crippen LogP contribution in [0.2, 0.25) is 0 Å². The van der Waals surface area contributed by atoms with Crippen LogP contribution in [0.25, 0.3) is 0 Å². The summed E-state index contributed by atoms with van der Waals surface area (Å²) in [6.07, 6.45) is 5.82. The van der Waals surface area contributed by atoms with Crippen LogP contribution in [0, 0.1) is 17.8 Å². The Morgan fingerprint density at radius 3 is 2.50 bits per heavy atom. The van der Waals surface area contributed by atoms with Crippen molar-refractivity contribution in [2.45, 2.75) is 64.5 Å². The number of hydrogen-bond donors (Lipinski definition) is 3. The number of ether oxygens (including phenoxy) is 1. The van der Waals surface area contributed by atoms with E-state index >= 15 is 0 Å². The molecule has 1 aliphatic rings. The van der Waals surface area contributed by atoms with Crippen molar-refractivity contribution in [1.29, 1.82) is 0 Å². The van der Waals surface area contributed by atoms with Crippen molar-refractivity contribution < 1.29 is 24.3 Å². The Bertz CT molecular complexity index is 713. The molecule has 1 aromatic rings. The van der Waals surface area contributed by atoms with Gasteiger partial charge in [0.05, 0.1) is 11.8 Å². The smallest absolute Gasteiger partial charge is 0.333 e. The first-order chi connectivity index (χ1) is 14.4. The number of hydroxylamine groups is 1. The fourth-order valence-electron chi connectivity index (χ4n) is 3.88. The van der Waals surface area contributed by atoms with E-state index < -0.39 is 35.7 Å². The summed E-state index contributed by atoms with van der Waals surface area (Å²) < 4.78 is 5.65. The molecule has 0 spiro atoms. The van der Waals surface area contributed by atoms with Gasteiger partial charge >= 0.3 is 5.97 Å². The monoisotopic (exact) mass is 436 g/mol. The molecule has 0 aliphatic heterocycles. The van der Waals surface area contributed by atoms with Gasteiger partial charge < -0.3 is 10.1 Å². The van der Waals surface area contributed by atoms with Crippen LogP contribution in [0.4, 0.5) is 0 Å². The number of allylic oxidation sites excluding steroid dienone is 1. The minimum atomic E-state index is -0.930. The van der Waals surface area contributed by atoms with Crippen molar-refractivity contribution in [3.8, 4) is 0 Å². The number of thiophene rings is 1. The molecule has 2 amide bonds. The lowest BCUT2D eigenvalue weighted by molar-refractivity contribution is -0.153. The molecule has 30 heavy (non-hydrogen) atoms. The first-order valence-corrected chi connectivity index (χ1v) is 11.4. The number of carbonyl (C=O) groups is 3. The number of rotatable bonds is 11. The van der Waals surface area contributed by atoms with Gasteiger partial charge in [-0.05, 0) is 66.8 Å². The van der Waals surface area contributed by atoms with Gasteiger partial charge in [-0.15, -0.1) is 6.58 Å². The molecule has 0 saturated heterocycles. The maximum atomic E-state index is 13.3. The second-order valence-electron chi connectivity index (χ2n) is 8.18. The SMILES string of the molecule is C=CCC(C(=O)NO)C(CC(C)C)C(=O)NC(C(=O)OC1CCCC1)c1ccsc1. The zero-order valence-corrected chi connectivity index (χ0v) is 18.5. The molecule has 1 saturated carbocycles. The van der Waals surface area contributed by atoms with Gasteiger partial charge in [-0.1, -0.05) is 19.9 Å². The minimum Gasteiger partial charge on any atom is -0.461 e. The quantitative estimate of drug-likeness (QED) is 0.212. The molecular weight excluding hydrogens is 404 g/mol. The summed E-state index contributed by atoms with van der Waals surface area (Å²) in [5, 5.41) is 15.6.